The van der Waals surface area contributed by atoms with Gasteiger partial charge in [0.1, 0.15) is 43.1 Å². The van der Waals surface area contributed by atoms with Crippen LogP contribution < -0.4 is 40.9 Å². The largest absolute Gasteiger partial charge is 0.468 e. The van der Waals surface area contributed by atoms with Crippen LogP contribution in [0.25, 0.3) is 5.57 Å². The van der Waals surface area contributed by atoms with E-state index in [1.54, 1.807) is 23.2 Å². The van der Waals surface area contributed by atoms with Gasteiger partial charge in [-0.15, -0.1) is 0 Å². The minimum Gasteiger partial charge on any atom is -0.468 e. The number of fused-ring (bicyclic) bond motifs is 9. The highest BCUT2D eigenvalue weighted by molar-refractivity contribution is 6.31. The fraction of sp³-hybridized carbons (Fsp3) is 0.447. The predicted molar refractivity (Wildman–Crippen MR) is 414 cm³/mol. The highest BCUT2D eigenvalue weighted by Gasteiger charge is 2.40. The van der Waals surface area contributed by atoms with Gasteiger partial charge in [0, 0.05) is 100 Å². The maximum absolute atomic E-state index is 12.5. The molecule has 5 aromatic heterocycles. The molecule has 6 aromatic rings. The summed E-state index contributed by atoms with van der Waals surface area (Å²) in [6.45, 7) is 6.67. The minimum atomic E-state index is -0.720. The molecular weight excluding hydrogens is 1500 g/mol. The van der Waals surface area contributed by atoms with Crippen molar-refractivity contribution in [2.45, 2.75) is 140 Å². The number of aromatic nitrogens is 5. The standard InChI is InChI=1S/C23H25ClN4O.C14H17N3O6.C13H15N3O3.C12H15N3O2.C7H5ClN2O4.C7H12NO2/c24-19-6-4-17(5-7-19)18-8-11-27(12-9-18)15-16-13-20-22(25-14-16)28-10-2-1-3-21(28)23(29)26-20;1-22-13(18)9-7-11(17(20)21)12(15-8-9)16-6-4-3-5-10(16)14(19)23-2;1-19-13(18)8-6-9-11(14-7-8)16-5-3-2-4-10(16)12(17)15-9;16-7-8-5-9-11(13-6-8)15-4-2-1-3-10(15)12(17)14-9;1-14-7(11)4-2-5(10(12)13)6(8)9-3-4;1-10-7(9)6-4-2-3-5-8-6/h4-8,13-14,21H,1-3,9-12,15H2,(H,26,29);7-8,10H,3-6H2,1-2H3;6-7,10H,2-5H2,1H3,(H,15,17);5-6,10,16H,1-4,7H2,(H,14,17);2-3H,1H3;2,6,8H,3-5H2,1H3/q;;;;;+1/t21-;3*10-;;6-/m0000.0/s1. The third kappa shape index (κ3) is 20.7. The van der Waals surface area contributed by atoms with E-state index in [-0.39, 0.29) is 82.3 Å². The number of carbonyl (C=O) groups excluding carboxylic acids is 8. The molecule has 5 N–H and O–H groups in total. The molecule has 5 fully saturated rings. The number of anilines is 7. The van der Waals surface area contributed by atoms with Gasteiger partial charge in [-0.1, -0.05) is 41.4 Å². The number of piperidine rings is 5. The first-order valence-corrected chi connectivity index (χ1v) is 37.5. The number of nitro groups is 2. The van der Waals surface area contributed by atoms with Gasteiger partial charge in [0.2, 0.25) is 28.7 Å². The first-order chi connectivity index (χ1) is 54.1. The van der Waals surface area contributed by atoms with E-state index in [9.17, 15) is 58.6 Å². The van der Waals surface area contributed by atoms with E-state index in [0.717, 1.165) is 199 Å². The van der Waals surface area contributed by atoms with Crippen molar-refractivity contribution in [3.63, 3.8) is 0 Å². The van der Waals surface area contributed by atoms with E-state index in [4.69, 9.17) is 38.0 Å². The minimum absolute atomic E-state index is 0.0106. The van der Waals surface area contributed by atoms with Crippen molar-refractivity contribution >= 4 is 128 Å². The van der Waals surface area contributed by atoms with Crippen LogP contribution in [0.3, 0.4) is 0 Å². The van der Waals surface area contributed by atoms with E-state index < -0.39 is 45.5 Å². The first kappa shape index (κ1) is 83.3. The second-order valence-corrected chi connectivity index (χ2v) is 27.9. The lowest BCUT2D eigenvalue weighted by Crippen LogP contribution is -2.51. The molecule has 5 atom stereocenters. The molecular formula is C76H89Cl2N16O18+. The summed E-state index contributed by atoms with van der Waals surface area (Å²) in [7, 11) is 6.36. The number of aliphatic hydroxyl groups excluding tert-OH is 1. The summed E-state index contributed by atoms with van der Waals surface area (Å²) in [6.07, 6.45) is 26.1. The van der Waals surface area contributed by atoms with E-state index in [0.29, 0.717) is 24.2 Å². The van der Waals surface area contributed by atoms with Crippen LogP contribution in [0.1, 0.15) is 144 Å². The van der Waals surface area contributed by atoms with Gasteiger partial charge in [-0.3, -0.25) is 49.6 Å². The Morgan fingerprint density at radius 2 is 1.00 bits per heavy atom. The Morgan fingerprint density at radius 1 is 0.545 bits per heavy atom. The molecule has 34 nitrogen and oxygen atoms in total. The monoisotopic (exact) mass is 1580 g/mol. The molecule has 14 heterocycles. The van der Waals surface area contributed by atoms with Crippen LogP contribution >= 0.6 is 23.2 Å². The SMILES string of the molecule is COC(=O)[C@@H]1C[CH+]CCN1.COC(=O)c1cnc(Cl)c([N+](=O)[O-])c1.COC(=O)c1cnc(N2CCCC[C@H]2C(=O)OC)c([N+](=O)[O-])c1.COC(=O)c1cnc2c(c1)NC(=O)[C@@H]1CCCCN21.O=C1Nc2cc(CN3CC=C(c4ccc(Cl)cc4)CC3)cnc2N2CCCC[C@@H]12.O=C1Nc2cc(CO)cnc2N2CCCC[C@@H]12. The zero-order valence-electron chi connectivity index (χ0n) is 62.6. The third-order valence-electron chi connectivity index (χ3n) is 20.0. The number of ether oxygens (including phenoxy) is 5. The van der Waals surface area contributed by atoms with Crippen LogP contribution in [0.5, 0.6) is 0 Å². The zero-order chi connectivity index (χ0) is 80.1. The quantitative estimate of drug-likeness (QED) is 0.0190. The number of methoxy groups -OCH3 is 5. The fourth-order valence-corrected chi connectivity index (χ4v) is 14.6. The van der Waals surface area contributed by atoms with Crippen LogP contribution in [0.15, 0.2) is 91.7 Å². The number of aliphatic hydroxyl groups is 1. The molecule has 0 saturated carbocycles. The molecule has 1 aromatic carbocycles. The summed E-state index contributed by atoms with van der Waals surface area (Å²) in [6, 6.07) is 14.8. The number of esters is 5. The number of amides is 3. The van der Waals surface area contributed by atoms with E-state index in [1.165, 1.54) is 59.1 Å². The molecule has 9 aliphatic heterocycles. The normalized spacial score (nSPS) is 19.7. The van der Waals surface area contributed by atoms with Crippen molar-refractivity contribution in [1.82, 2.24) is 35.1 Å². The Labute approximate surface area is 655 Å². The smallest absolute Gasteiger partial charge is 0.339 e. The van der Waals surface area contributed by atoms with Crippen LogP contribution in [0.4, 0.5) is 51.7 Å². The van der Waals surface area contributed by atoms with Gasteiger partial charge in [0.15, 0.2) is 17.5 Å². The molecule has 112 heavy (non-hydrogen) atoms. The third-order valence-corrected chi connectivity index (χ3v) is 20.6. The number of hydrogen-bond donors (Lipinski definition) is 5. The molecule has 0 bridgehead atoms. The topological polar surface area (TPSA) is 418 Å². The van der Waals surface area contributed by atoms with Gasteiger partial charge in [-0.2, -0.15) is 0 Å². The second-order valence-electron chi connectivity index (χ2n) is 27.1. The molecule has 594 valence electrons. The maximum atomic E-state index is 12.5. The summed E-state index contributed by atoms with van der Waals surface area (Å²) in [4.78, 5) is 145. The zero-order valence-corrected chi connectivity index (χ0v) is 64.1. The number of carbonyl (C=O) groups is 8. The Balaban J connectivity index is 0.000000147. The second kappa shape index (κ2) is 39.6. The highest BCUT2D eigenvalue weighted by atomic mass is 35.5. The van der Waals surface area contributed by atoms with Crippen molar-refractivity contribution in [3.8, 4) is 0 Å². The fourth-order valence-electron chi connectivity index (χ4n) is 14.3. The number of halogens is 2. The van der Waals surface area contributed by atoms with Crippen molar-refractivity contribution in [2.75, 3.05) is 117 Å². The Bertz CT molecular complexity index is 4480. The van der Waals surface area contributed by atoms with Gasteiger partial charge in [0.05, 0.1) is 92.2 Å². The lowest BCUT2D eigenvalue weighted by Gasteiger charge is -2.40. The van der Waals surface area contributed by atoms with Gasteiger partial charge in [0.25, 0.3) is 0 Å². The van der Waals surface area contributed by atoms with Crippen LogP contribution in [-0.2, 0) is 60.8 Å². The number of pyridine rings is 5. The number of nitrogens with zero attached hydrogens (tertiary/aromatic N) is 12. The van der Waals surface area contributed by atoms with Gasteiger partial charge in [-0.25, -0.2) is 44.1 Å². The Kier molecular flexibility index (Phi) is 29.5. The molecule has 5 saturated heterocycles. The van der Waals surface area contributed by atoms with Crippen molar-refractivity contribution in [3.05, 3.63) is 162 Å². The summed E-state index contributed by atoms with van der Waals surface area (Å²) in [5, 5.41) is 43.2. The molecule has 0 radical (unpaired) electrons. The summed E-state index contributed by atoms with van der Waals surface area (Å²) < 4.78 is 22.9. The van der Waals surface area contributed by atoms with E-state index >= 15 is 0 Å². The lowest BCUT2D eigenvalue weighted by molar-refractivity contribution is -0.385. The summed E-state index contributed by atoms with van der Waals surface area (Å²) >= 11 is 11.4. The summed E-state index contributed by atoms with van der Waals surface area (Å²) in [5.74, 6) is 0.240. The lowest BCUT2D eigenvalue weighted by atomic mass is 9.98. The first-order valence-electron chi connectivity index (χ1n) is 36.7. The molecule has 0 unspecified atom stereocenters. The Hall–Kier alpha value is -11.2. The van der Waals surface area contributed by atoms with Crippen molar-refractivity contribution < 1.29 is 77.0 Å². The number of nitrogens with one attached hydrogen (secondary N) is 4. The van der Waals surface area contributed by atoms with Gasteiger partial charge < -0.3 is 64.3 Å². The van der Waals surface area contributed by atoms with E-state index in [2.05, 4.69) is 106 Å². The van der Waals surface area contributed by atoms with Crippen LogP contribution in [0, 0.1) is 26.6 Å². The van der Waals surface area contributed by atoms with Gasteiger partial charge >= 0.3 is 41.2 Å². The molecule has 0 spiro atoms. The molecule has 3 amide bonds. The molecule has 9 aliphatic rings. The molecule has 15 rings (SSSR count). The van der Waals surface area contributed by atoms with Crippen molar-refractivity contribution in [1.29, 1.82) is 0 Å². The van der Waals surface area contributed by atoms with Crippen LogP contribution in [-0.4, -0.2) is 204 Å². The van der Waals surface area contributed by atoms with Gasteiger partial charge in [-0.05, 0) is 136 Å². The van der Waals surface area contributed by atoms with E-state index in [1.807, 2.05) is 23.2 Å². The summed E-state index contributed by atoms with van der Waals surface area (Å²) in [5.41, 5.74) is 6.22. The average Bonchev–Trinajstić information content (AvgIpc) is 0.786. The number of benzene rings is 1. The number of rotatable bonds is 12. The maximum Gasteiger partial charge on any atom is 0.339 e. The van der Waals surface area contributed by atoms with Crippen molar-refractivity contribution in [2.24, 2.45) is 0 Å². The molecule has 0 aliphatic carbocycles. The highest BCUT2D eigenvalue weighted by Crippen LogP contribution is 2.39. The Morgan fingerprint density at radius 3 is 1.47 bits per heavy atom. The molecule has 36 heteroatoms. The van der Waals surface area contributed by atoms with Crippen LogP contribution in [0.2, 0.25) is 10.2 Å². The predicted octanol–water partition coefficient (Wildman–Crippen LogP) is 9.25. The average molecular weight is 1590 g/mol. The number of hydrogen-bond acceptors (Lipinski definition) is 29.